The molecule has 0 saturated carbocycles. The Balaban J connectivity index is 0.00000193. The summed E-state index contributed by atoms with van der Waals surface area (Å²) in [6.07, 6.45) is 4.19. The van der Waals surface area contributed by atoms with Crippen LogP contribution in [0.5, 0.6) is 0 Å². The molecule has 3 atom stereocenters. The van der Waals surface area contributed by atoms with E-state index in [1.807, 2.05) is 24.3 Å². The summed E-state index contributed by atoms with van der Waals surface area (Å²) in [7, 11) is 0. The van der Waals surface area contributed by atoms with Gasteiger partial charge in [0.15, 0.2) is 0 Å². The van der Waals surface area contributed by atoms with E-state index in [9.17, 15) is 15.0 Å². The number of nitrogens with one attached hydrogen (secondary N) is 1. The van der Waals surface area contributed by atoms with Gasteiger partial charge in [-0.3, -0.25) is 9.69 Å². The molecule has 8 heteroatoms. The number of rotatable bonds is 7. The number of fused-ring (bicyclic) bond motifs is 1. The van der Waals surface area contributed by atoms with Crippen LogP contribution in [0, 0.1) is 5.92 Å². The Labute approximate surface area is 213 Å². The molecule has 0 bridgehead atoms. The van der Waals surface area contributed by atoms with Gasteiger partial charge in [0.05, 0.1) is 12.0 Å². The lowest BCUT2D eigenvalue weighted by molar-refractivity contribution is -0.143. The SMILES string of the molecule is Cl.Cl.O=C(O)[C@@H]1CCCN(Cc2ccc3c(c2)C[C@@H](NC[C@H](O)c2cccc(Cl)c2)CC3)C1. The molecule has 1 heterocycles. The fourth-order valence-corrected chi connectivity index (χ4v) is 5.05. The third-order valence-corrected chi connectivity index (χ3v) is 6.83. The molecular formula is C25H33Cl3N2O3. The zero-order valence-corrected chi connectivity index (χ0v) is 21.0. The number of hydrogen-bond acceptors (Lipinski definition) is 4. The van der Waals surface area contributed by atoms with Gasteiger partial charge in [0.2, 0.25) is 0 Å². The van der Waals surface area contributed by atoms with Crippen LogP contribution in [-0.4, -0.2) is 46.8 Å². The Hall–Kier alpha value is -1.34. The second-order valence-electron chi connectivity index (χ2n) is 8.93. The van der Waals surface area contributed by atoms with Crippen LogP contribution in [0.3, 0.4) is 0 Å². The number of aliphatic carboxylic acids is 1. The lowest BCUT2D eigenvalue weighted by atomic mass is 9.87. The van der Waals surface area contributed by atoms with Crippen LogP contribution in [0.25, 0.3) is 0 Å². The monoisotopic (exact) mass is 514 g/mol. The Kier molecular flexibility index (Phi) is 10.9. The fourth-order valence-electron chi connectivity index (χ4n) is 4.85. The molecule has 0 spiro atoms. The van der Waals surface area contributed by atoms with Crippen LogP contribution in [-0.2, 0) is 24.2 Å². The number of carbonyl (C=O) groups is 1. The average Bonchev–Trinajstić information content (AvgIpc) is 2.77. The molecule has 2 aromatic rings. The topological polar surface area (TPSA) is 72.8 Å². The van der Waals surface area contributed by atoms with Crippen LogP contribution < -0.4 is 5.32 Å². The predicted molar refractivity (Wildman–Crippen MR) is 137 cm³/mol. The van der Waals surface area contributed by atoms with Gasteiger partial charge in [-0.05, 0) is 73.0 Å². The summed E-state index contributed by atoms with van der Waals surface area (Å²) in [5, 5.41) is 24.0. The molecular weight excluding hydrogens is 483 g/mol. The third kappa shape index (κ3) is 7.57. The van der Waals surface area contributed by atoms with E-state index < -0.39 is 12.1 Å². The minimum Gasteiger partial charge on any atom is -0.481 e. The summed E-state index contributed by atoms with van der Waals surface area (Å²) < 4.78 is 0. The van der Waals surface area contributed by atoms with Crippen molar-refractivity contribution in [2.24, 2.45) is 5.92 Å². The van der Waals surface area contributed by atoms with Gasteiger partial charge in [-0.15, -0.1) is 24.8 Å². The summed E-state index contributed by atoms with van der Waals surface area (Å²) in [6, 6.07) is 14.4. The molecule has 1 fully saturated rings. The highest BCUT2D eigenvalue weighted by atomic mass is 35.5. The molecule has 33 heavy (non-hydrogen) atoms. The van der Waals surface area contributed by atoms with E-state index in [1.54, 1.807) is 0 Å². The summed E-state index contributed by atoms with van der Waals surface area (Å²) in [4.78, 5) is 13.6. The molecule has 2 aliphatic rings. The molecule has 0 amide bonds. The fraction of sp³-hybridized carbons (Fsp3) is 0.480. The van der Waals surface area contributed by atoms with E-state index in [4.69, 9.17) is 11.6 Å². The Morgan fingerprint density at radius 1 is 1.15 bits per heavy atom. The number of aryl methyl sites for hydroxylation is 1. The molecule has 1 aliphatic carbocycles. The molecule has 0 radical (unpaired) electrons. The van der Waals surface area contributed by atoms with Gasteiger partial charge < -0.3 is 15.5 Å². The number of aliphatic hydroxyl groups excluding tert-OH is 1. The van der Waals surface area contributed by atoms with Crippen molar-refractivity contribution in [1.29, 1.82) is 0 Å². The summed E-state index contributed by atoms with van der Waals surface area (Å²) in [5.41, 5.74) is 4.86. The van der Waals surface area contributed by atoms with E-state index in [1.165, 1.54) is 16.7 Å². The van der Waals surface area contributed by atoms with Crippen LogP contribution in [0.2, 0.25) is 5.02 Å². The Morgan fingerprint density at radius 2 is 1.97 bits per heavy atom. The smallest absolute Gasteiger partial charge is 0.307 e. The van der Waals surface area contributed by atoms with Crippen LogP contribution >= 0.6 is 36.4 Å². The molecule has 1 aliphatic heterocycles. The first kappa shape index (κ1) is 27.9. The molecule has 0 aromatic heterocycles. The number of nitrogens with zero attached hydrogens (tertiary/aromatic N) is 1. The zero-order chi connectivity index (χ0) is 21.8. The van der Waals surface area contributed by atoms with E-state index in [0.717, 1.165) is 50.8 Å². The number of likely N-dealkylation sites (tertiary alicyclic amines) is 1. The molecule has 0 unspecified atom stereocenters. The van der Waals surface area contributed by atoms with Gasteiger partial charge in [0, 0.05) is 30.7 Å². The number of halogens is 3. The van der Waals surface area contributed by atoms with E-state index in [2.05, 4.69) is 28.4 Å². The van der Waals surface area contributed by atoms with Crippen molar-refractivity contribution < 1.29 is 15.0 Å². The van der Waals surface area contributed by atoms with Crippen LogP contribution in [0.4, 0.5) is 0 Å². The van der Waals surface area contributed by atoms with Crippen LogP contribution in [0.1, 0.15) is 47.6 Å². The van der Waals surface area contributed by atoms with Crippen molar-refractivity contribution in [3.8, 4) is 0 Å². The van der Waals surface area contributed by atoms with Crippen molar-refractivity contribution in [3.63, 3.8) is 0 Å². The maximum absolute atomic E-state index is 11.3. The summed E-state index contributed by atoms with van der Waals surface area (Å²) in [6.45, 7) is 2.91. The highest BCUT2D eigenvalue weighted by Crippen LogP contribution is 2.25. The maximum Gasteiger partial charge on any atom is 0.307 e. The number of benzene rings is 2. The second kappa shape index (κ2) is 12.9. The second-order valence-corrected chi connectivity index (χ2v) is 9.37. The number of aliphatic hydroxyl groups is 1. The minimum atomic E-state index is -0.677. The Morgan fingerprint density at radius 3 is 2.73 bits per heavy atom. The average molecular weight is 516 g/mol. The first-order chi connectivity index (χ1) is 15.0. The van der Waals surface area contributed by atoms with Crippen molar-refractivity contribution in [2.75, 3.05) is 19.6 Å². The molecule has 2 aromatic carbocycles. The summed E-state index contributed by atoms with van der Waals surface area (Å²) in [5.74, 6) is -0.921. The normalized spacial score (nSPS) is 21.3. The van der Waals surface area contributed by atoms with Gasteiger partial charge in [-0.25, -0.2) is 0 Å². The Bertz CT molecular complexity index is 928. The molecule has 182 valence electrons. The number of carboxylic acids is 1. The zero-order valence-electron chi connectivity index (χ0n) is 18.6. The number of hydrogen-bond donors (Lipinski definition) is 3. The molecule has 5 nitrogen and oxygen atoms in total. The van der Waals surface area contributed by atoms with Crippen molar-refractivity contribution in [3.05, 3.63) is 69.7 Å². The van der Waals surface area contributed by atoms with Gasteiger partial charge in [0.1, 0.15) is 0 Å². The van der Waals surface area contributed by atoms with Gasteiger partial charge in [-0.2, -0.15) is 0 Å². The lowest BCUT2D eigenvalue weighted by Crippen LogP contribution is -2.38. The quantitative estimate of drug-likeness (QED) is 0.500. The molecule has 3 N–H and O–H groups in total. The largest absolute Gasteiger partial charge is 0.481 e. The van der Waals surface area contributed by atoms with Gasteiger partial charge >= 0.3 is 5.97 Å². The number of piperidine rings is 1. The molecule has 1 saturated heterocycles. The highest BCUT2D eigenvalue weighted by molar-refractivity contribution is 6.30. The first-order valence-electron chi connectivity index (χ1n) is 11.2. The van der Waals surface area contributed by atoms with Crippen molar-refractivity contribution >= 4 is 42.4 Å². The third-order valence-electron chi connectivity index (χ3n) is 6.59. The predicted octanol–water partition coefficient (Wildman–Crippen LogP) is 4.66. The van der Waals surface area contributed by atoms with Crippen LogP contribution in [0.15, 0.2) is 42.5 Å². The lowest BCUT2D eigenvalue weighted by Gasteiger charge is -2.31. The van der Waals surface area contributed by atoms with E-state index >= 15 is 0 Å². The van der Waals surface area contributed by atoms with Crippen molar-refractivity contribution in [2.45, 2.75) is 50.8 Å². The standard InChI is InChI=1S/C25H31ClN2O3.2ClH/c26-22-5-1-3-19(12-22)24(29)14-27-23-9-8-18-7-6-17(11-21(18)13-23)15-28-10-2-4-20(16-28)25(30)31;;/h1,3,5-7,11-12,20,23-24,27,29H,2,4,8-10,13-16H2,(H,30,31);2*1H/t20-,23+,24+;;/m1../s1. The van der Waals surface area contributed by atoms with Gasteiger partial charge in [0.25, 0.3) is 0 Å². The molecule has 4 rings (SSSR count). The minimum absolute atomic E-state index is 0. The first-order valence-corrected chi connectivity index (χ1v) is 11.6. The maximum atomic E-state index is 11.3. The van der Waals surface area contributed by atoms with Crippen molar-refractivity contribution in [1.82, 2.24) is 10.2 Å². The van der Waals surface area contributed by atoms with E-state index in [0.29, 0.717) is 24.2 Å². The van der Waals surface area contributed by atoms with Gasteiger partial charge in [-0.1, -0.05) is 41.9 Å². The number of carboxylic acid groups (broad SMARTS) is 1. The highest BCUT2D eigenvalue weighted by Gasteiger charge is 2.26. The summed E-state index contributed by atoms with van der Waals surface area (Å²) >= 11 is 6.04. The van der Waals surface area contributed by atoms with E-state index in [-0.39, 0.29) is 30.7 Å².